The van der Waals surface area contributed by atoms with E-state index in [1.54, 1.807) is 4.90 Å². The van der Waals surface area contributed by atoms with Gasteiger partial charge in [0.15, 0.2) is 0 Å². The van der Waals surface area contributed by atoms with Crippen molar-refractivity contribution in [3.05, 3.63) is 0 Å². The minimum absolute atomic E-state index is 0.250. The molecule has 2 rings (SSSR count). The highest BCUT2D eigenvalue weighted by atomic mass is 16.6. The molecular weight excluding hydrogens is 230 g/mol. The van der Waals surface area contributed by atoms with Gasteiger partial charge in [-0.3, -0.25) is 0 Å². The van der Waals surface area contributed by atoms with Crippen LogP contribution in [0.4, 0.5) is 4.79 Å². The van der Waals surface area contributed by atoms with Gasteiger partial charge in [0.2, 0.25) is 0 Å². The number of nitrogens with zero attached hydrogens (tertiary/aromatic N) is 1. The van der Waals surface area contributed by atoms with E-state index in [2.05, 4.69) is 0 Å². The molecule has 2 atom stereocenters. The van der Waals surface area contributed by atoms with E-state index < -0.39 is 5.60 Å². The summed E-state index contributed by atoms with van der Waals surface area (Å²) in [4.78, 5) is 13.6. The zero-order valence-corrected chi connectivity index (χ0v) is 11.7. The van der Waals surface area contributed by atoms with Gasteiger partial charge in [0.05, 0.1) is 12.6 Å². The highest BCUT2D eigenvalue weighted by molar-refractivity contribution is 5.68. The summed E-state index contributed by atoms with van der Waals surface area (Å²) in [6.45, 7) is 6.68. The Kier molecular flexibility index (Phi) is 3.85. The third-order valence-electron chi connectivity index (χ3n) is 3.99. The van der Waals surface area contributed by atoms with E-state index in [0.717, 1.165) is 0 Å². The summed E-state index contributed by atoms with van der Waals surface area (Å²) >= 11 is 0. The lowest BCUT2D eigenvalue weighted by molar-refractivity contribution is 0.0269. The molecule has 0 bridgehead atoms. The predicted octanol–water partition coefficient (Wildman–Crippen LogP) is 2.40. The Hall–Kier alpha value is -0.770. The Labute approximate surface area is 109 Å². The number of carbonyl (C=O) groups excluding carboxylic acids is 1. The second kappa shape index (κ2) is 5.08. The minimum Gasteiger partial charge on any atom is -0.444 e. The van der Waals surface area contributed by atoms with E-state index >= 15 is 0 Å². The van der Waals surface area contributed by atoms with Crippen LogP contribution in [0, 0.1) is 11.8 Å². The molecule has 2 unspecified atom stereocenters. The summed E-state index contributed by atoms with van der Waals surface area (Å²) in [5.74, 6) is 0.840. The Balaban J connectivity index is 1.91. The lowest BCUT2D eigenvalue weighted by Crippen LogP contribution is -2.36. The van der Waals surface area contributed by atoms with Crippen molar-refractivity contribution in [2.45, 2.75) is 58.2 Å². The third-order valence-corrected chi connectivity index (χ3v) is 3.99. The Bertz CT molecular complexity index is 305. The average molecular weight is 255 g/mol. The molecule has 1 heterocycles. The molecule has 1 N–H and O–H groups in total. The zero-order valence-electron chi connectivity index (χ0n) is 11.7. The van der Waals surface area contributed by atoms with Gasteiger partial charge < -0.3 is 14.7 Å². The molecule has 1 aliphatic carbocycles. The van der Waals surface area contributed by atoms with Gasteiger partial charge in [-0.05, 0) is 26.7 Å². The van der Waals surface area contributed by atoms with Gasteiger partial charge >= 0.3 is 6.09 Å². The summed E-state index contributed by atoms with van der Waals surface area (Å²) in [5, 5.41) is 10.1. The molecule has 1 amide bonds. The van der Waals surface area contributed by atoms with Crippen molar-refractivity contribution in [1.82, 2.24) is 4.90 Å². The summed E-state index contributed by atoms with van der Waals surface area (Å²) in [6, 6.07) is 0. The molecule has 0 radical (unpaired) electrons. The van der Waals surface area contributed by atoms with Gasteiger partial charge in [-0.15, -0.1) is 0 Å². The van der Waals surface area contributed by atoms with Crippen LogP contribution in [0.1, 0.15) is 46.5 Å². The highest BCUT2D eigenvalue weighted by Gasteiger charge is 2.40. The Morgan fingerprint density at radius 1 is 1.22 bits per heavy atom. The lowest BCUT2D eigenvalue weighted by Gasteiger charge is -2.24. The maximum atomic E-state index is 12.0. The number of carbonyl (C=O) groups is 1. The SMILES string of the molecule is CC(C)(C)OC(=O)N1CC(O)C(C2CCCC2)C1. The van der Waals surface area contributed by atoms with E-state index in [4.69, 9.17) is 4.74 Å². The molecule has 2 aliphatic rings. The number of aliphatic hydroxyl groups is 1. The van der Waals surface area contributed by atoms with Crippen LogP contribution in [0.5, 0.6) is 0 Å². The average Bonchev–Trinajstić information content (AvgIpc) is 2.82. The van der Waals surface area contributed by atoms with E-state index in [1.807, 2.05) is 20.8 Å². The molecule has 0 aromatic heterocycles. The van der Waals surface area contributed by atoms with E-state index in [1.165, 1.54) is 25.7 Å². The first-order valence-corrected chi connectivity index (χ1v) is 7.03. The molecule has 0 spiro atoms. The van der Waals surface area contributed by atoms with Crippen LogP contribution in [-0.4, -0.2) is 40.9 Å². The molecule has 1 aliphatic heterocycles. The highest BCUT2D eigenvalue weighted by Crippen LogP contribution is 2.36. The van der Waals surface area contributed by atoms with Crippen LogP contribution < -0.4 is 0 Å². The van der Waals surface area contributed by atoms with Gasteiger partial charge in [-0.1, -0.05) is 25.7 Å². The maximum Gasteiger partial charge on any atom is 0.410 e. The van der Waals surface area contributed by atoms with Crippen LogP contribution in [-0.2, 0) is 4.74 Å². The molecule has 2 fully saturated rings. The van der Waals surface area contributed by atoms with E-state index in [0.29, 0.717) is 19.0 Å². The predicted molar refractivity (Wildman–Crippen MR) is 69.3 cm³/mol. The van der Waals surface area contributed by atoms with Gasteiger partial charge in [-0.25, -0.2) is 4.79 Å². The Morgan fingerprint density at radius 3 is 2.39 bits per heavy atom. The fourth-order valence-corrected chi connectivity index (χ4v) is 3.14. The Morgan fingerprint density at radius 2 is 1.83 bits per heavy atom. The topological polar surface area (TPSA) is 49.8 Å². The molecule has 0 aromatic rings. The summed E-state index contributed by atoms with van der Waals surface area (Å²) in [6.07, 6.45) is 4.26. The molecule has 18 heavy (non-hydrogen) atoms. The molecule has 4 heteroatoms. The standard InChI is InChI=1S/C14H25NO3/c1-14(2,3)18-13(17)15-8-11(12(16)9-15)10-6-4-5-7-10/h10-12,16H,4-9H2,1-3H3. The molecule has 1 saturated heterocycles. The van der Waals surface area contributed by atoms with Gasteiger partial charge in [0, 0.05) is 12.5 Å². The molecule has 4 nitrogen and oxygen atoms in total. The molecule has 104 valence electrons. The van der Waals surface area contributed by atoms with Crippen LogP contribution in [0.15, 0.2) is 0 Å². The first-order chi connectivity index (χ1) is 8.37. The second-order valence-electron chi connectivity index (χ2n) is 6.66. The second-order valence-corrected chi connectivity index (χ2v) is 6.66. The van der Waals surface area contributed by atoms with Crippen molar-refractivity contribution in [2.24, 2.45) is 11.8 Å². The number of β-amino-alcohol motifs (C(OH)–C–C–N with tert-alkyl or cyclic N) is 1. The molecule has 0 aromatic carbocycles. The van der Waals surface area contributed by atoms with E-state index in [-0.39, 0.29) is 18.1 Å². The first-order valence-electron chi connectivity index (χ1n) is 7.03. The third kappa shape index (κ3) is 3.16. The fraction of sp³-hybridized carbons (Fsp3) is 0.929. The summed E-state index contributed by atoms with van der Waals surface area (Å²) < 4.78 is 5.36. The summed E-state index contributed by atoms with van der Waals surface area (Å²) in [5.41, 5.74) is -0.465. The van der Waals surface area contributed by atoms with Crippen molar-refractivity contribution in [3.8, 4) is 0 Å². The fourth-order valence-electron chi connectivity index (χ4n) is 3.14. The minimum atomic E-state index is -0.465. The van der Waals surface area contributed by atoms with Gasteiger partial charge in [-0.2, -0.15) is 0 Å². The number of amides is 1. The molecule has 1 saturated carbocycles. The lowest BCUT2D eigenvalue weighted by atomic mass is 9.88. The number of rotatable bonds is 1. The number of aliphatic hydroxyl groups excluding tert-OH is 1. The summed E-state index contributed by atoms with van der Waals surface area (Å²) in [7, 11) is 0. The van der Waals surface area contributed by atoms with Crippen molar-refractivity contribution in [1.29, 1.82) is 0 Å². The van der Waals surface area contributed by atoms with Crippen molar-refractivity contribution >= 4 is 6.09 Å². The smallest absolute Gasteiger partial charge is 0.410 e. The van der Waals surface area contributed by atoms with Crippen molar-refractivity contribution in [3.63, 3.8) is 0 Å². The first kappa shape index (κ1) is 13.7. The normalized spacial score (nSPS) is 29.9. The largest absolute Gasteiger partial charge is 0.444 e. The quantitative estimate of drug-likeness (QED) is 0.782. The van der Waals surface area contributed by atoms with Gasteiger partial charge in [0.1, 0.15) is 5.60 Å². The zero-order chi connectivity index (χ0) is 13.3. The number of hydrogen-bond acceptors (Lipinski definition) is 3. The number of ether oxygens (including phenoxy) is 1. The van der Waals surface area contributed by atoms with E-state index in [9.17, 15) is 9.90 Å². The monoisotopic (exact) mass is 255 g/mol. The molecular formula is C14H25NO3. The number of hydrogen-bond donors (Lipinski definition) is 1. The van der Waals surface area contributed by atoms with Crippen LogP contribution in [0.3, 0.4) is 0 Å². The van der Waals surface area contributed by atoms with Crippen LogP contribution in [0.25, 0.3) is 0 Å². The number of likely N-dealkylation sites (tertiary alicyclic amines) is 1. The van der Waals surface area contributed by atoms with Crippen LogP contribution >= 0.6 is 0 Å². The maximum absolute atomic E-state index is 12.0. The van der Waals surface area contributed by atoms with Crippen LogP contribution in [0.2, 0.25) is 0 Å². The van der Waals surface area contributed by atoms with Crippen molar-refractivity contribution < 1.29 is 14.6 Å². The van der Waals surface area contributed by atoms with Crippen molar-refractivity contribution in [2.75, 3.05) is 13.1 Å². The van der Waals surface area contributed by atoms with Gasteiger partial charge in [0.25, 0.3) is 0 Å².